The van der Waals surface area contributed by atoms with Crippen LogP contribution in [0, 0.1) is 0 Å². The Labute approximate surface area is 143 Å². The maximum atomic E-state index is 12.3. The van der Waals surface area contributed by atoms with Crippen LogP contribution in [0.15, 0.2) is 45.7 Å². The molecule has 3 rings (SSSR count). The second-order valence-corrected chi connectivity index (χ2v) is 5.81. The van der Waals surface area contributed by atoms with Crippen LogP contribution in [0.25, 0.3) is 0 Å². The Hall–Kier alpha value is -1.37. The summed E-state index contributed by atoms with van der Waals surface area (Å²) in [6.45, 7) is 4.09. The third kappa shape index (κ3) is 4.09. The Balaban J connectivity index is 0.00000176. The number of rotatable bonds is 3. The Bertz CT molecular complexity index is 612. The minimum atomic E-state index is -0.0377. The van der Waals surface area contributed by atoms with Crippen molar-refractivity contribution in [1.29, 1.82) is 0 Å². The fraction of sp³-hybridized carbons (Fsp3) is 0.333. The van der Waals surface area contributed by atoms with Crippen molar-refractivity contribution >= 4 is 34.2 Å². The van der Waals surface area contributed by atoms with E-state index in [1.54, 1.807) is 12.1 Å². The second-order valence-electron chi connectivity index (χ2n) is 5.03. The van der Waals surface area contributed by atoms with E-state index >= 15 is 0 Å². The van der Waals surface area contributed by atoms with E-state index in [4.69, 9.17) is 4.42 Å². The molecule has 0 aromatic carbocycles. The molecule has 2 aromatic heterocycles. The molecule has 2 aromatic rings. The fourth-order valence-electron chi connectivity index (χ4n) is 2.44. The molecule has 0 unspecified atom stereocenters. The number of aromatic nitrogens is 1. The van der Waals surface area contributed by atoms with E-state index in [9.17, 15) is 4.79 Å². The number of hydrogen-bond donors (Lipinski definition) is 0. The molecular formula is C15H17BrClN3O2. The van der Waals surface area contributed by atoms with Gasteiger partial charge in [-0.05, 0) is 45.8 Å². The van der Waals surface area contributed by atoms with Gasteiger partial charge in [0.15, 0.2) is 10.4 Å². The molecule has 1 fully saturated rings. The zero-order valence-corrected chi connectivity index (χ0v) is 14.3. The van der Waals surface area contributed by atoms with E-state index in [1.807, 2.05) is 29.4 Å². The summed E-state index contributed by atoms with van der Waals surface area (Å²) in [6.07, 6.45) is 3.62. The molecule has 7 heteroatoms. The molecule has 3 heterocycles. The number of furan rings is 1. The first kappa shape index (κ1) is 17.0. The minimum absolute atomic E-state index is 0. The monoisotopic (exact) mass is 385 g/mol. The summed E-state index contributed by atoms with van der Waals surface area (Å²) in [5, 5.41) is 0. The van der Waals surface area contributed by atoms with E-state index in [0.29, 0.717) is 10.4 Å². The van der Waals surface area contributed by atoms with Gasteiger partial charge in [-0.3, -0.25) is 14.7 Å². The highest BCUT2D eigenvalue weighted by Crippen LogP contribution is 2.17. The Morgan fingerprint density at radius 1 is 1.14 bits per heavy atom. The number of hydrogen-bond acceptors (Lipinski definition) is 4. The summed E-state index contributed by atoms with van der Waals surface area (Å²) in [7, 11) is 0. The number of nitrogens with zero attached hydrogens (tertiary/aromatic N) is 3. The predicted octanol–water partition coefficient (Wildman–Crippen LogP) is 2.82. The average Bonchev–Trinajstić information content (AvgIpc) is 2.95. The van der Waals surface area contributed by atoms with Crippen LogP contribution in [0.4, 0.5) is 0 Å². The summed E-state index contributed by atoms with van der Waals surface area (Å²) >= 11 is 3.22. The lowest BCUT2D eigenvalue weighted by molar-refractivity contribution is 0.0596. The summed E-state index contributed by atoms with van der Waals surface area (Å²) in [4.78, 5) is 20.5. The van der Waals surface area contributed by atoms with Gasteiger partial charge in [0.1, 0.15) is 0 Å². The third-order valence-corrected chi connectivity index (χ3v) is 4.03. The van der Waals surface area contributed by atoms with E-state index in [2.05, 4.69) is 25.8 Å². The van der Waals surface area contributed by atoms with Crippen molar-refractivity contribution in [3.05, 3.63) is 52.7 Å². The zero-order valence-electron chi connectivity index (χ0n) is 11.9. The van der Waals surface area contributed by atoms with Crippen molar-refractivity contribution in [2.45, 2.75) is 6.54 Å². The van der Waals surface area contributed by atoms with Gasteiger partial charge in [0.05, 0.1) is 0 Å². The number of pyridine rings is 1. The Kier molecular flexibility index (Phi) is 5.99. The normalized spacial score (nSPS) is 15.4. The maximum Gasteiger partial charge on any atom is 0.289 e. The first-order chi connectivity index (χ1) is 10.2. The molecule has 1 aliphatic rings. The topological polar surface area (TPSA) is 49.6 Å². The molecule has 1 amide bonds. The molecule has 22 heavy (non-hydrogen) atoms. The SMILES string of the molecule is Cl.O=C(c1ccc(Br)o1)N1CCN(Cc2ccncc2)CC1. The number of carbonyl (C=O) groups excluding carboxylic acids is 1. The number of piperazine rings is 1. The zero-order chi connectivity index (χ0) is 14.7. The largest absolute Gasteiger partial charge is 0.444 e. The highest BCUT2D eigenvalue weighted by Gasteiger charge is 2.24. The standard InChI is InChI=1S/C15H16BrN3O2.ClH/c16-14-2-1-13(21-14)15(20)19-9-7-18(8-10-19)11-12-3-5-17-6-4-12;/h1-6H,7-11H2;1H. The van der Waals surface area contributed by atoms with Gasteiger partial charge in [0.25, 0.3) is 5.91 Å². The first-order valence-corrected chi connectivity index (χ1v) is 7.67. The summed E-state index contributed by atoms with van der Waals surface area (Å²) in [6, 6.07) is 7.50. The number of halogens is 2. The van der Waals surface area contributed by atoms with Gasteiger partial charge in [-0.1, -0.05) is 0 Å². The molecule has 0 aliphatic carbocycles. The fourth-order valence-corrected chi connectivity index (χ4v) is 2.75. The highest BCUT2D eigenvalue weighted by atomic mass is 79.9. The molecule has 0 spiro atoms. The summed E-state index contributed by atoms with van der Waals surface area (Å²) in [5.74, 6) is 0.355. The van der Waals surface area contributed by atoms with Crippen LogP contribution < -0.4 is 0 Å². The van der Waals surface area contributed by atoms with Crippen molar-refractivity contribution < 1.29 is 9.21 Å². The molecule has 0 bridgehead atoms. The van der Waals surface area contributed by atoms with Gasteiger partial charge in [-0.25, -0.2) is 0 Å². The molecule has 0 N–H and O–H groups in total. The van der Waals surface area contributed by atoms with Crippen molar-refractivity contribution in [3.63, 3.8) is 0 Å². The predicted molar refractivity (Wildman–Crippen MR) is 89.1 cm³/mol. The van der Waals surface area contributed by atoms with Crippen LogP contribution in [-0.2, 0) is 6.54 Å². The highest BCUT2D eigenvalue weighted by molar-refractivity contribution is 9.10. The molecule has 0 radical (unpaired) electrons. The Morgan fingerprint density at radius 3 is 2.41 bits per heavy atom. The molecule has 5 nitrogen and oxygen atoms in total. The Morgan fingerprint density at radius 2 is 1.82 bits per heavy atom. The molecule has 1 saturated heterocycles. The summed E-state index contributed by atoms with van der Waals surface area (Å²) < 4.78 is 5.91. The van der Waals surface area contributed by atoms with Gasteiger partial charge in [0.2, 0.25) is 0 Å². The second kappa shape index (κ2) is 7.76. The molecular weight excluding hydrogens is 370 g/mol. The quantitative estimate of drug-likeness (QED) is 0.814. The van der Waals surface area contributed by atoms with Crippen molar-refractivity contribution in [3.8, 4) is 0 Å². The molecule has 0 saturated carbocycles. The molecule has 1 aliphatic heterocycles. The molecule has 0 atom stereocenters. The van der Waals surface area contributed by atoms with Crippen molar-refractivity contribution in [2.75, 3.05) is 26.2 Å². The van der Waals surface area contributed by atoms with Crippen LogP contribution >= 0.6 is 28.3 Å². The number of carbonyl (C=O) groups is 1. The van der Waals surface area contributed by atoms with Crippen LogP contribution in [-0.4, -0.2) is 46.9 Å². The van der Waals surface area contributed by atoms with Crippen molar-refractivity contribution in [1.82, 2.24) is 14.8 Å². The van der Waals surface area contributed by atoms with E-state index in [1.165, 1.54) is 5.56 Å². The lowest BCUT2D eigenvalue weighted by Crippen LogP contribution is -2.48. The third-order valence-electron chi connectivity index (χ3n) is 3.60. The van der Waals surface area contributed by atoms with Gasteiger partial charge >= 0.3 is 0 Å². The van der Waals surface area contributed by atoms with E-state index in [-0.39, 0.29) is 18.3 Å². The average molecular weight is 387 g/mol. The first-order valence-electron chi connectivity index (χ1n) is 6.88. The van der Waals surface area contributed by atoms with E-state index in [0.717, 1.165) is 32.7 Å². The van der Waals surface area contributed by atoms with Crippen LogP contribution in [0.2, 0.25) is 0 Å². The van der Waals surface area contributed by atoms with Gasteiger partial charge in [-0.2, -0.15) is 0 Å². The lowest BCUT2D eigenvalue weighted by Gasteiger charge is -2.34. The van der Waals surface area contributed by atoms with Crippen molar-refractivity contribution in [2.24, 2.45) is 0 Å². The van der Waals surface area contributed by atoms with Gasteiger partial charge in [-0.15, -0.1) is 12.4 Å². The maximum absolute atomic E-state index is 12.3. The van der Waals surface area contributed by atoms with Crippen LogP contribution in [0.1, 0.15) is 16.1 Å². The van der Waals surface area contributed by atoms with Crippen LogP contribution in [0.3, 0.4) is 0 Å². The lowest BCUT2D eigenvalue weighted by atomic mass is 10.2. The van der Waals surface area contributed by atoms with Gasteiger partial charge < -0.3 is 9.32 Å². The minimum Gasteiger partial charge on any atom is -0.444 e. The van der Waals surface area contributed by atoms with Crippen LogP contribution in [0.5, 0.6) is 0 Å². The smallest absolute Gasteiger partial charge is 0.289 e. The van der Waals surface area contributed by atoms with Gasteiger partial charge in [0, 0.05) is 45.1 Å². The molecule has 118 valence electrons. The number of amides is 1. The van der Waals surface area contributed by atoms with E-state index < -0.39 is 0 Å². The summed E-state index contributed by atoms with van der Waals surface area (Å²) in [5.41, 5.74) is 1.25.